The van der Waals surface area contributed by atoms with Crippen molar-refractivity contribution in [3.05, 3.63) is 54.3 Å². The number of fused-ring (bicyclic) bond motifs is 5. The zero-order chi connectivity index (χ0) is 19.0. The molecular formula is C22H20BFO3. The molecule has 0 radical (unpaired) electrons. The maximum absolute atomic E-state index is 13.8. The fourth-order valence-corrected chi connectivity index (χ4v) is 3.77. The predicted octanol–water partition coefficient (Wildman–Crippen LogP) is 5.18. The summed E-state index contributed by atoms with van der Waals surface area (Å²) in [5.41, 5.74) is 1.29. The van der Waals surface area contributed by atoms with Crippen LogP contribution in [0.2, 0.25) is 0 Å². The first-order chi connectivity index (χ1) is 12.8. The molecular weight excluding hydrogens is 342 g/mol. The second-order valence-corrected chi connectivity index (χ2v) is 8.22. The largest absolute Gasteiger partial charge is 0.495 e. The molecule has 1 saturated heterocycles. The van der Waals surface area contributed by atoms with Crippen LogP contribution >= 0.6 is 0 Å². The summed E-state index contributed by atoms with van der Waals surface area (Å²) in [6.45, 7) is 8.14. The van der Waals surface area contributed by atoms with E-state index in [2.05, 4.69) is 6.07 Å². The molecule has 0 spiro atoms. The number of furan rings is 1. The van der Waals surface area contributed by atoms with Gasteiger partial charge in [-0.3, -0.25) is 0 Å². The molecule has 0 N–H and O–H groups in total. The Balaban J connectivity index is 1.87. The van der Waals surface area contributed by atoms with Gasteiger partial charge in [0.15, 0.2) is 0 Å². The van der Waals surface area contributed by atoms with Gasteiger partial charge in [-0.05, 0) is 50.7 Å². The lowest BCUT2D eigenvalue weighted by Gasteiger charge is -2.32. The Labute approximate surface area is 157 Å². The van der Waals surface area contributed by atoms with Gasteiger partial charge in [0.1, 0.15) is 17.0 Å². The fourth-order valence-electron chi connectivity index (χ4n) is 3.77. The van der Waals surface area contributed by atoms with Gasteiger partial charge < -0.3 is 13.7 Å². The Morgan fingerprint density at radius 2 is 1.56 bits per heavy atom. The van der Waals surface area contributed by atoms with Crippen molar-refractivity contribution in [1.29, 1.82) is 0 Å². The minimum Gasteiger partial charge on any atom is -0.455 e. The molecule has 0 bridgehead atoms. The van der Waals surface area contributed by atoms with Crippen LogP contribution in [0.25, 0.3) is 32.7 Å². The molecule has 1 aliphatic heterocycles. The molecule has 0 unspecified atom stereocenters. The smallest absolute Gasteiger partial charge is 0.455 e. The predicted molar refractivity (Wildman–Crippen MR) is 107 cm³/mol. The van der Waals surface area contributed by atoms with Crippen LogP contribution in [-0.2, 0) is 9.31 Å². The van der Waals surface area contributed by atoms with Crippen molar-refractivity contribution in [2.45, 2.75) is 38.9 Å². The summed E-state index contributed by atoms with van der Waals surface area (Å²) in [6.07, 6.45) is 0. The lowest BCUT2D eigenvalue weighted by Crippen LogP contribution is -2.41. The van der Waals surface area contributed by atoms with E-state index in [1.165, 1.54) is 12.1 Å². The van der Waals surface area contributed by atoms with Crippen molar-refractivity contribution < 1.29 is 18.1 Å². The van der Waals surface area contributed by atoms with E-state index < -0.39 is 18.3 Å². The minimum atomic E-state index is -0.520. The van der Waals surface area contributed by atoms with E-state index in [9.17, 15) is 4.39 Å². The van der Waals surface area contributed by atoms with Crippen molar-refractivity contribution in [2.75, 3.05) is 0 Å². The monoisotopic (exact) mass is 362 g/mol. The summed E-state index contributed by atoms with van der Waals surface area (Å²) >= 11 is 0. The van der Waals surface area contributed by atoms with Gasteiger partial charge in [-0.1, -0.05) is 30.3 Å². The average molecular weight is 362 g/mol. The van der Waals surface area contributed by atoms with Crippen molar-refractivity contribution in [2.24, 2.45) is 0 Å². The number of halogens is 1. The molecule has 1 aromatic heterocycles. The quantitative estimate of drug-likeness (QED) is 0.438. The first-order valence-corrected chi connectivity index (χ1v) is 9.16. The molecule has 1 aliphatic rings. The molecule has 0 aliphatic carbocycles. The Bertz CT molecular complexity index is 1190. The number of hydrogen-bond acceptors (Lipinski definition) is 3. The average Bonchev–Trinajstić information content (AvgIpc) is 3.08. The third kappa shape index (κ3) is 2.35. The second-order valence-electron chi connectivity index (χ2n) is 8.22. The first kappa shape index (κ1) is 16.8. The fraction of sp³-hybridized carbons (Fsp3) is 0.273. The molecule has 0 saturated carbocycles. The van der Waals surface area contributed by atoms with E-state index in [-0.39, 0.29) is 5.82 Å². The van der Waals surface area contributed by atoms with Crippen LogP contribution in [0.3, 0.4) is 0 Å². The first-order valence-electron chi connectivity index (χ1n) is 9.16. The standard InChI is InChI=1S/C22H20BFO3/c1-21(2)22(3,4)27-23(26-21)17-11-13-7-5-6-8-15(13)20-19(17)16-10-9-14(24)12-18(16)25-20/h5-12H,1-4H3. The van der Waals surface area contributed by atoms with Gasteiger partial charge in [-0.2, -0.15) is 0 Å². The van der Waals surface area contributed by atoms with Gasteiger partial charge in [0, 0.05) is 22.2 Å². The Hall–Kier alpha value is -2.37. The van der Waals surface area contributed by atoms with E-state index in [0.29, 0.717) is 5.58 Å². The molecule has 2 heterocycles. The lowest BCUT2D eigenvalue weighted by molar-refractivity contribution is 0.00578. The molecule has 0 atom stereocenters. The van der Waals surface area contributed by atoms with E-state index >= 15 is 0 Å². The second kappa shape index (κ2) is 5.34. The van der Waals surface area contributed by atoms with Crippen LogP contribution < -0.4 is 5.46 Å². The number of benzene rings is 3. The summed E-state index contributed by atoms with van der Waals surface area (Å²) in [6, 6.07) is 14.8. The molecule has 1 fully saturated rings. The Morgan fingerprint density at radius 1 is 0.852 bits per heavy atom. The van der Waals surface area contributed by atoms with Gasteiger partial charge in [-0.25, -0.2) is 4.39 Å². The van der Waals surface area contributed by atoms with Gasteiger partial charge >= 0.3 is 7.12 Å². The van der Waals surface area contributed by atoms with Crippen LogP contribution in [-0.4, -0.2) is 18.3 Å². The SMILES string of the molecule is CC1(C)OB(c2cc3ccccc3c3oc4cc(F)ccc4c23)OC1(C)C. The van der Waals surface area contributed by atoms with E-state index in [1.54, 1.807) is 6.07 Å². The van der Waals surface area contributed by atoms with E-state index in [4.69, 9.17) is 13.7 Å². The third-order valence-electron chi connectivity index (χ3n) is 5.96. The molecule has 3 nitrogen and oxygen atoms in total. The molecule has 4 aromatic rings. The van der Waals surface area contributed by atoms with Crippen molar-refractivity contribution >= 4 is 45.3 Å². The summed E-state index contributed by atoms with van der Waals surface area (Å²) < 4.78 is 32.5. The van der Waals surface area contributed by atoms with Crippen LogP contribution in [0.15, 0.2) is 52.9 Å². The maximum Gasteiger partial charge on any atom is 0.495 e. The van der Waals surface area contributed by atoms with Crippen molar-refractivity contribution in [3.63, 3.8) is 0 Å². The van der Waals surface area contributed by atoms with Crippen molar-refractivity contribution in [3.8, 4) is 0 Å². The highest BCUT2D eigenvalue weighted by Crippen LogP contribution is 2.39. The highest BCUT2D eigenvalue weighted by atomic mass is 19.1. The minimum absolute atomic E-state index is 0.317. The highest BCUT2D eigenvalue weighted by molar-refractivity contribution is 6.66. The molecule has 5 rings (SSSR count). The zero-order valence-corrected chi connectivity index (χ0v) is 15.8. The molecule has 5 heteroatoms. The normalized spacial score (nSPS) is 18.8. The van der Waals surface area contributed by atoms with Crippen molar-refractivity contribution in [1.82, 2.24) is 0 Å². The molecule has 3 aromatic carbocycles. The lowest BCUT2D eigenvalue weighted by atomic mass is 9.75. The van der Waals surface area contributed by atoms with Gasteiger partial charge in [0.25, 0.3) is 0 Å². The van der Waals surface area contributed by atoms with Crippen LogP contribution in [0.1, 0.15) is 27.7 Å². The Morgan fingerprint density at radius 3 is 2.30 bits per heavy atom. The summed E-state index contributed by atoms with van der Waals surface area (Å²) in [5, 5.41) is 3.81. The number of hydrogen-bond donors (Lipinski definition) is 0. The van der Waals surface area contributed by atoms with Gasteiger partial charge in [0.05, 0.1) is 11.2 Å². The van der Waals surface area contributed by atoms with Crippen LogP contribution in [0.4, 0.5) is 4.39 Å². The Kier molecular flexibility index (Phi) is 3.32. The molecule has 27 heavy (non-hydrogen) atoms. The topological polar surface area (TPSA) is 31.6 Å². The van der Waals surface area contributed by atoms with E-state index in [0.717, 1.165) is 32.6 Å². The zero-order valence-electron chi connectivity index (χ0n) is 15.8. The maximum atomic E-state index is 13.8. The van der Waals surface area contributed by atoms with Crippen LogP contribution in [0, 0.1) is 5.82 Å². The molecule has 0 amide bonds. The summed E-state index contributed by atoms with van der Waals surface area (Å²) in [4.78, 5) is 0. The third-order valence-corrected chi connectivity index (χ3v) is 5.96. The van der Waals surface area contributed by atoms with Gasteiger partial charge in [-0.15, -0.1) is 0 Å². The van der Waals surface area contributed by atoms with Crippen LogP contribution in [0.5, 0.6) is 0 Å². The molecule has 136 valence electrons. The highest BCUT2D eigenvalue weighted by Gasteiger charge is 2.52. The van der Waals surface area contributed by atoms with E-state index in [1.807, 2.05) is 52.0 Å². The number of rotatable bonds is 1. The summed E-state index contributed by atoms with van der Waals surface area (Å²) in [7, 11) is -0.520. The van der Waals surface area contributed by atoms with Gasteiger partial charge in [0.2, 0.25) is 0 Å². The summed E-state index contributed by atoms with van der Waals surface area (Å²) in [5.74, 6) is -0.317.